The molecule has 0 unspecified atom stereocenters. The molecule has 1 heterocycles. The number of nitrogens with zero attached hydrogens (tertiary/aromatic N) is 1. The van der Waals surface area contributed by atoms with Crippen LogP contribution in [0.1, 0.15) is 15.2 Å². The van der Waals surface area contributed by atoms with Crippen LogP contribution in [-0.2, 0) is 0 Å². The van der Waals surface area contributed by atoms with Gasteiger partial charge in [0.25, 0.3) is 5.91 Å². The van der Waals surface area contributed by atoms with E-state index in [4.69, 9.17) is 0 Å². The fourth-order valence-electron chi connectivity index (χ4n) is 2.16. The summed E-state index contributed by atoms with van der Waals surface area (Å²) in [6.45, 7) is 1.88. The average molecular weight is 409 g/mol. The second-order valence-corrected chi connectivity index (χ2v) is 7.13. The van der Waals surface area contributed by atoms with Gasteiger partial charge in [0.1, 0.15) is 11.6 Å². The number of thiazole rings is 1. The van der Waals surface area contributed by atoms with E-state index in [2.05, 4.69) is 26.2 Å². The quantitative estimate of drug-likeness (QED) is 0.629. The summed E-state index contributed by atoms with van der Waals surface area (Å²) in [6, 6.07) is 10.4. The van der Waals surface area contributed by atoms with Gasteiger partial charge in [-0.2, -0.15) is 0 Å². The number of carbonyl (C=O) groups excluding carboxylic acids is 1. The zero-order valence-electron chi connectivity index (χ0n) is 12.4. The van der Waals surface area contributed by atoms with E-state index in [0.717, 1.165) is 38.8 Å². The van der Waals surface area contributed by atoms with Gasteiger partial charge >= 0.3 is 0 Å². The molecule has 3 nitrogen and oxygen atoms in total. The van der Waals surface area contributed by atoms with Gasteiger partial charge in [-0.15, -0.1) is 11.3 Å². The van der Waals surface area contributed by atoms with Crippen LogP contribution in [-0.4, -0.2) is 10.9 Å². The van der Waals surface area contributed by atoms with Crippen molar-refractivity contribution in [2.24, 2.45) is 0 Å². The monoisotopic (exact) mass is 408 g/mol. The van der Waals surface area contributed by atoms with Crippen molar-refractivity contribution in [3.05, 3.63) is 69.0 Å². The van der Waals surface area contributed by atoms with Crippen LogP contribution >= 0.6 is 27.3 Å². The summed E-state index contributed by atoms with van der Waals surface area (Å²) >= 11 is 4.65. The number of nitrogens with one attached hydrogen (secondary N) is 1. The molecule has 0 bridgehead atoms. The minimum absolute atomic E-state index is 0.332. The minimum atomic E-state index is -0.782. The highest BCUT2D eigenvalue weighted by atomic mass is 79.9. The summed E-state index contributed by atoms with van der Waals surface area (Å²) in [6.07, 6.45) is 0. The minimum Gasteiger partial charge on any atom is -0.298 e. The zero-order valence-corrected chi connectivity index (χ0v) is 14.8. The standard InChI is InChI=1S/C17H11BrF2N2OS/c1-9-15(10-2-4-11(18)5-3-10)21-17(24-9)22-16(23)13-8-12(19)6-7-14(13)20/h2-8H,1H3,(H,21,22,23). The molecule has 0 saturated carbocycles. The van der Waals surface area contributed by atoms with Gasteiger partial charge in [-0.3, -0.25) is 10.1 Å². The van der Waals surface area contributed by atoms with Crippen LogP contribution < -0.4 is 5.32 Å². The number of hydrogen-bond donors (Lipinski definition) is 1. The van der Waals surface area contributed by atoms with Crippen molar-refractivity contribution in [3.63, 3.8) is 0 Å². The Labute approximate surface area is 149 Å². The van der Waals surface area contributed by atoms with Gasteiger partial charge in [-0.05, 0) is 37.3 Å². The third kappa shape index (κ3) is 3.52. The highest BCUT2D eigenvalue weighted by Crippen LogP contribution is 2.31. The third-order valence-electron chi connectivity index (χ3n) is 3.31. The number of halogens is 3. The van der Waals surface area contributed by atoms with Gasteiger partial charge < -0.3 is 0 Å². The largest absolute Gasteiger partial charge is 0.298 e. The molecule has 0 aliphatic rings. The molecule has 1 aromatic heterocycles. The topological polar surface area (TPSA) is 42.0 Å². The van der Waals surface area contributed by atoms with Crippen molar-refractivity contribution in [1.82, 2.24) is 4.98 Å². The molecule has 0 aliphatic heterocycles. The lowest BCUT2D eigenvalue weighted by molar-refractivity contribution is 0.102. The van der Waals surface area contributed by atoms with E-state index < -0.39 is 17.5 Å². The number of anilines is 1. The van der Waals surface area contributed by atoms with Gasteiger partial charge in [-0.25, -0.2) is 13.8 Å². The number of carbonyl (C=O) groups is 1. The molecule has 7 heteroatoms. The lowest BCUT2D eigenvalue weighted by Gasteiger charge is -2.03. The normalized spacial score (nSPS) is 10.7. The van der Waals surface area contributed by atoms with Gasteiger partial charge in [0.15, 0.2) is 5.13 Å². The number of benzene rings is 2. The Morgan fingerprint density at radius 1 is 1.17 bits per heavy atom. The predicted octanol–water partition coefficient (Wildman–Crippen LogP) is 5.41. The number of rotatable bonds is 3. The number of aromatic nitrogens is 1. The van der Waals surface area contributed by atoms with Crippen molar-refractivity contribution in [1.29, 1.82) is 0 Å². The molecule has 1 N–H and O–H groups in total. The maximum absolute atomic E-state index is 13.7. The highest BCUT2D eigenvalue weighted by molar-refractivity contribution is 9.10. The van der Waals surface area contributed by atoms with E-state index in [1.807, 2.05) is 31.2 Å². The van der Waals surface area contributed by atoms with Gasteiger partial charge in [0.05, 0.1) is 11.3 Å². The Balaban J connectivity index is 1.86. The molecule has 122 valence electrons. The fraction of sp³-hybridized carbons (Fsp3) is 0.0588. The maximum Gasteiger partial charge on any atom is 0.260 e. The summed E-state index contributed by atoms with van der Waals surface area (Å²) in [5.74, 6) is -2.19. The first kappa shape index (κ1) is 16.7. The molecule has 0 aliphatic carbocycles. The van der Waals surface area contributed by atoms with Gasteiger partial charge in [0, 0.05) is 14.9 Å². The smallest absolute Gasteiger partial charge is 0.260 e. The van der Waals surface area contributed by atoms with Crippen LogP contribution in [0, 0.1) is 18.6 Å². The first-order valence-electron chi connectivity index (χ1n) is 6.94. The van der Waals surface area contributed by atoms with Crippen LogP contribution in [0.15, 0.2) is 46.9 Å². The van der Waals surface area contributed by atoms with Gasteiger partial charge in [0.2, 0.25) is 0 Å². The summed E-state index contributed by atoms with van der Waals surface area (Å²) < 4.78 is 27.8. The van der Waals surface area contributed by atoms with Crippen LogP contribution in [0.5, 0.6) is 0 Å². The molecular formula is C17H11BrF2N2OS. The molecule has 24 heavy (non-hydrogen) atoms. The summed E-state index contributed by atoms with van der Waals surface area (Å²) in [5.41, 5.74) is 1.29. The second-order valence-electron chi connectivity index (χ2n) is 5.01. The van der Waals surface area contributed by atoms with E-state index in [9.17, 15) is 13.6 Å². The fourth-order valence-corrected chi connectivity index (χ4v) is 3.26. The first-order valence-corrected chi connectivity index (χ1v) is 8.55. The van der Waals surface area contributed by atoms with Crippen LogP contribution in [0.4, 0.5) is 13.9 Å². The maximum atomic E-state index is 13.7. The van der Waals surface area contributed by atoms with Crippen molar-refractivity contribution < 1.29 is 13.6 Å². The average Bonchev–Trinajstić information content (AvgIpc) is 2.91. The summed E-state index contributed by atoms with van der Waals surface area (Å²) in [7, 11) is 0. The van der Waals surface area contributed by atoms with E-state index in [1.165, 1.54) is 11.3 Å². The van der Waals surface area contributed by atoms with Crippen molar-refractivity contribution in [2.45, 2.75) is 6.92 Å². The Morgan fingerprint density at radius 2 is 1.88 bits per heavy atom. The molecular weight excluding hydrogens is 398 g/mol. The molecule has 0 saturated heterocycles. The lowest BCUT2D eigenvalue weighted by Crippen LogP contribution is -2.13. The Bertz CT molecular complexity index is 909. The molecule has 3 aromatic rings. The van der Waals surface area contributed by atoms with Crippen molar-refractivity contribution in [2.75, 3.05) is 5.32 Å². The Morgan fingerprint density at radius 3 is 2.58 bits per heavy atom. The molecule has 0 atom stereocenters. The van der Waals surface area contributed by atoms with Crippen LogP contribution in [0.25, 0.3) is 11.3 Å². The van der Waals surface area contributed by atoms with Crippen LogP contribution in [0.2, 0.25) is 0 Å². The second kappa shape index (κ2) is 6.78. The number of amides is 1. The predicted molar refractivity (Wildman–Crippen MR) is 94.3 cm³/mol. The molecule has 1 amide bonds. The third-order valence-corrected chi connectivity index (χ3v) is 4.72. The number of aryl methyl sites for hydroxylation is 1. The highest BCUT2D eigenvalue weighted by Gasteiger charge is 2.16. The van der Waals surface area contributed by atoms with Crippen molar-refractivity contribution >= 4 is 38.3 Å². The molecule has 2 aromatic carbocycles. The van der Waals surface area contributed by atoms with Crippen molar-refractivity contribution in [3.8, 4) is 11.3 Å². The SMILES string of the molecule is Cc1sc(NC(=O)c2cc(F)ccc2F)nc1-c1ccc(Br)cc1. The molecule has 0 spiro atoms. The lowest BCUT2D eigenvalue weighted by atomic mass is 10.1. The first-order chi connectivity index (χ1) is 11.4. The van der Waals surface area contributed by atoms with Crippen LogP contribution in [0.3, 0.4) is 0 Å². The van der Waals surface area contributed by atoms with E-state index in [0.29, 0.717) is 5.13 Å². The van der Waals surface area contributed by atoms with E-state index in [-0.39, 0.29) is 5.56 Å². The molecule has 0 fully saturated rings. The Kier molecular flexibility index (Phi) is 4.73. The molecule has 3 rings (SSSR count). The zero-order chi connectivity index (χ0) is 17.3. The summed E-state index contributed by atoms with van der Waals surface area (Å²) in [5, 5.41) is 2.85. The summed E-state index contributed by atoms with van der Waals surface area (Å²) in [4.78, 5) is 17.4. The van der Waals surface area contributed by atoms with E-state index in [1.54, 1.807) is 0 Å². The number of hydrogen-bond acceptors (Lipinski definition) is 3. The Hall–Kier alpha value is -2.12. The van der Waals surface area contributed by atoms with E-state index >= 15 is 0 Å². The molecule has 0 radical (unpaired) electrons. The van der Waals surface area contributed by atoms with Gasteiger partial charge in [-0.1, -0.05) is 28.1 Å².